The van der Waals surface area contributed by atoms with E-state index < -0.39 is 10.1 Å². The molecule has 5 nitrogen and oxygen atoms in total. The Hall–Kier alpha value is -0.920. The third-order valence-electron chi connectivity index (χ3n) is 1.81. The summed E-state index contributed by atoms with van der Waals surface area (Å²) in [6.45, 7) is 1.52. The summed E-state index contributed by atoms with van der Waals surface area (Å²) in [7, 11) is -3.50. The summed E-state index contributed by atoms with van der Waals surface area (Å²) in [6, 6.07) is 0. The molecule has 0 unspecified atom stereocenters. The van der Waals surface area contributed by atoms with Gasteiger partial charge in [0.1, 0.15) is 12.4 Å². The van der Waals surface area contributed by atoms with Gasteiger partial charge in [-0.1, -0.05) is 6.92 Å². The van der Waals surface area contributed by atoms with E-state index in [0.29, 0.717) is 5.57 Å². The van der Waals surface area contributed by atoms with E-state index >= 15 is 0 Å². The molecule has 18 heavy (non-hydrogen) atoms. The van der Waals surface area contributed by atoms with Crippen LogP contribution in [0, 0.1) is 0 Å². The van der Waals surface area contributed by atoms with Crippen LogP contribution in [0.2, 0.25) is 0 Å². The SMILES string of the molecule is CC/C(F)=C\C(=C/OCCO)CCOS(C)(=O)=O. The quantitative estimate of drug-likeness (QED) is 0.300. The largest absolute Gasteiger partial charge is 0.499 e. The molecule has 0 aliphatic rings. The van der Waals surface area contributed by atoms with E-state index in [2.05, 4.69) is 4.18 Å². The Morgan fingerprint density at radius 3 is 2.56 bits per heavy atom. The van der Waals surface area contributed by atoms with E-state index in [9.17, 15) is 12.8 Å². The molecule has 0 amide bonds. The zero-order valence-corrected chi connectivity index (χ0v) is 11.4. The van der Waals surface area contributed by atoms with Crippen LogP contribution in [0.1, 0.15) is 19.8 Å². The molecule has 0 aliphatic heterocycles. The van der Waals surface area contributed by atoms with Crippen molar-refractivity contribution in [3.63, 3.8) is 0 Å². The maximum absolute atomic E-state index is 13.1. The summed E-state index contributed by atoms with van der Waals surface area (Å²) in [5.41, 5.74) is 0.464. The van der Waals surface area contributed by atoms with E-state index in [-0.39, 0.29) is 38.5 Å². The van der Waals surface area contributed by atoms with Crippen molar-refractivity contribution in [3.8, 4) is 0 Å². The highest BCUT2D eigenvalue weighted by atomic mass is 32.2. The molecular formula is C11H19FO5S. The first-order valence-corrected chi connectivity index (χ1v) is 7.32. The molecular weight excluding hydrogens is 263 g/mol. The topological polar surface area (TPSA) is 72.8 Å². The first-order valence-electron chi connectivity index (χ1n) is 5.51. The second-order valence-corrected chi connectivity index (χ2v) is 5.15. The first kappa shape index (κ1) is 17.1. The Labute approximate surface area is 107 Å². The second kappa shape index (κ2) is 9.07. The average Bonchev–Trinajstić information content (AvgIpc) is 2.27. The van der Waals surface area contributed by atoms with E-state index in [1.165, 1.54) is 12.3 Å². The zero-order chi connectivity index (χ0) is 14.0. The van der Waals surface area contributed by atoms with Gasteiger partial charge in [-0.05, 0) is 18.1 Å². The van der Waals surface area contributed by atoms with Crippen molar-refractivity contribution in [1.82, 2.24) is 0 Å². The molecule has 0 aromatic carbocycles. The number of rotatable bonds is 9. The Morgan fingerprint density at radius 1 is 1.39 bits per heavy atom. The van der Waals surface area contributed by atoms with Gasteiger partial charge >= 0.3 is 0 Å². The fourth-order valence-corrected chi connectivity index (χ4v) is 1.38. The molecule has 0 saturated carbocycles. The van der Waals surface area contributed by atoms with Crippen molar-refractivity contribution in [1.29, 1.82) is 0 Å². The summed E-state index contributed by atoms with van der Waals surface area (Å²) in [4.78, 5) is 0. The fraction of sp³-hybridized carbons (Fsp3) is 0.636. The normalized spacial score (nSPS) is 13.8. The molecule has 0 rings (SSSR count). The lowest BCUT2D eigenvalue weighted by Crippen LogP contribution is -2.05. The number of aliphatic hydroxyl groups excluding tert-OH is 1. The number of halogens is 1. The number of aliphatic hydroxyl groups is 1. The number of hydrogen-bond acceptors (Lipinski definition) is 5. The van der Waals surface area contributed by atoms with Crippen molar-refractivity contribution >= 4 is 10.1 Å². The molecule has 0 heterocycles. The third-order valence-corrected chi connectivity index (χ3v) is 2.41. The molecule has 0 aromatic heterocycles. The van der Waals surface area contributed by atoms with Crippen LogP contribution < -0.4 is 0 Å². The Bertz CT molecular complexity index is 386. The molecule has 0 bridgehead atoms. The first-order chi connectivity index (χ1) is 8.39. The zero-order valence-electron chi connectivity index (χ0n) is 10.6. The van der Waals surface area contributed by atoms with Gasteiger partial charge in [-0.15, -0.1) is 0 Å². The minimum absolute atomic E-state index is 0.0827. The number of allylic oxidation sites excluding steroid dienone is 2. The van der Waals surface area contributed by atoms with Crippen LogP contribution in [0.15, 0.2) is 23.7 Å². The van der Waals surface area contributed by atoms with Gasteiger partial charge in [-0.25, -0.2) is 4.39 Å². The standard InChI is InChI=1S/C11H19FO5S/c1-3-11(12)8-10(9-16-7-5-13)4-6-17-18(2,14)15/h8-9,13H,3-7H2,1-2H3/b10-9-,11-8+. The highest BCUT2D eigenvalue weighted by Crippen LogP contribution is 2.12. The van der Waals surface area contributed by atoms with Gasteiger partial charge in [0.2, 0.25) is 0 Å². The molecule has 0 fully saturated rings. The molecule has 0 saturated heterocycles. The highest BCUT2D eigenvalue weighted by molar-refractivity contribution is 7.85. The van der Waals surface area contributed by atoms with Gasteiger partial charge in [-0.3, -0.25) is 4.18 Å². The highest BCUT2D eigenvalue weighted by Gasteiger charge is 2.04. The molecule has 0 radical (unpaired) electrons. The Morgan fingerprint density at radius 2 is 2.06 bits per heavy atom. The molecule has 7 heteroatoms. The molecule has 0 spiro atoms. The molecule has 0 aromatic rings. The average molecular weight is 282 g/mol. The Kier molecular flexibility index (Phi) is 8.61. The molecule has 0 atom stereocenters. The van der Waals surface area contributed by atoms with Crippen LogP contribution in [0.4, 0.5) is 4.39 Å². The monoisotopic (exact) mass is 282 g/mol. The van der Waals surface area contributed by atoms with Gasteiger partial charge in [-0.2, -0.15) is 8.42 Å². The summed E-state index contributed by atoms with van der Waals surface area (Å²) < 4.78 is 44.1. The van der Waals surface area contributed by atoms with Crippen LogP contribution in [0.3, 0.4) is 0 Å². The summed E-state index contributed by atoms with van der Waals surface area (Å²) in [5.74, 6) is -0.340. The second-order valence-electron chi connectivity index (χ2n) is 3.51. The number of ether oxygens (including phenoxy) is 1. The van der Waals surface area contributed by atoms with Crippen molar-refractivity contribution in [2.75, 3.05) is 26.1 Å². The maximum Gasteiger partial charge on any atom is 0.264 e. The summed E-state index contributed by atoms with van der Waals surface area (Å²) >= 11 is 0. The summed E-state index contributed by atoms with van der Waals surface area (Å²) in [5, 5.41) is 8.54. The van der Waals surface area contributed by atoms with Gasteiger partial charge in [0.25, 0.3) is 10.1 Å². The van der Waals surface area contributed by atoms with Crippen molar-refractivity contribution in [2.24, 2.45) is 0 Å². The lowest BCUT2D eigenvalue weighted by Gasteiger charge is -2.04. The van der Waals surface area contributed by atoms with E-state index in [1.807, 2.05) is 0 Å². The van der Waals surface area contributed by atoms with Crippen LogP contribution in [-0.4, -0.2) is 39.6 Å². The third kappa shape index (κ3) is 10.2. The van der Waals surface area contributed by atoms with E-state index in [1.54, 1.807) is 6.92 Å². The van der Waals surface area contributed by atoms with Crippen LogP contribution in [-0.2, 0) is 19.0 Å². The lowest BCUT2D eigenvalue weighted by atomic mass is 10.2. The van der Waals surface area contributed by atoms with Crippen LogP contribution >= 0.6 is 0 Å². The summed E-state index contributed by atoms with van der Waals surface area (Å²) in [6.07, 6.45) is 3.94. The van der Waals surface area contributed by atoms with E-state index in [4.69, 9.17) is 9.84 Å². The minimum Gasteiger partial charge on any atom is -0.499 e. The predicted molar refractivity (Wildman–Crippen MR) is 66.0 cm³/mol. The van der Waals surface area contributed by atoms with E-state index in [0.717, 1.165) is 6.26 Å². The minimum atomic E-state index is -3.50. The van der Waals surface area contributed by atoms with Gasteiger partial charge in [0.05, 0.1) is 25.7 Å². The molecule has 0 aliphatic carbocycles. The molecule has 106 valence electrons. The van der Waals surface area contributed by atoms with Crippen molar-refractivity contribution < 1.29 is 26.8 Å². The lowest BCUT2D eigenvalue weighted by molar-refractivity contribution is 0.164. The molecule has 1 N–H and O–H groups in total. The van der Waals surface area contributed by atoms with Crippen LogP contribution in [0.25, 0.3) is 0 Å². The van der Waals surface area contributed by atoms with Gasteiger partial charge in [0, 0.05) is 6.42 Å². The van der Waals surface area contributed by atoms with Gasteiger partial charge < -0.3 is 9.84 Å². The van der Waals surface area contributed by atoms with Crippen molar-refractivity contribution in [2.45, 2.75) is 19.8 Å². The smallest absolute Gasteiger partial charge is 0.264 e. The fourth-order valence-electron chi connectivity index (χ4n) is 0.998. The van der Waals surface area contributed by atoms with Gasteiger partial charge in [0.15, 0.2) is 0 Å². The number of hydrogen-bond donors (Lipinski definition) is 1. The Balaban J connectivity index is 4.43. The van der Waals surface area contributed by atoms with Crippen molar-refractivity contribution in [3.05, 3.63) is 23.7 Å². The maximum atomic E-state index is 13.1. The predicted octanol–water partition coefficient (Wildman–Crippen LogP) is 1.51. The van der Waals surface area contributed by atoms with Crippen LogP contribution in [0.5, 0.6) is 0 Å².